The first kappa shape index (κ1) is 13.4. The minimum atomic E-state index is 0.00181. The first-order chi connectivity index (χ1) is 9.15. The van der Waals surface area contributed by atoms with Gasteiger partial charge in [0.25, 0.3) is 0 Å². The number of rotatable bonds is 5. The molecule has 0 saturated carbocycles. The molecule has 2 aromatic rings. The van der Waals surface area contributed by atoms with Gasteiger partial charge in [-0.2, -0.15) is 0 Å². The van der Waals surface area contributed by atoms with Gasteiger partial charge >= 0.3 is 0 Å². The van der Waals surface area contributed by atoms with Crippen LogP contribution in [0.1, 0.15) is 19.8 Å². The van der Waals surface area contributed by atoms with E-state index >= 15 is 0 Å². The first-order valence-electron chi connectivity index (χ1n) is 6.44. The summed E-state index contributed by atoms with van der Waals surface area (Å²) in [5, 5.41) is 2.89. The summed E-state index contributed by atoms with van der Waals surface area (Å²) in [6.07, 6.45) is 5.09. The molecule has 1 atom stereocenters. The van der Waals surface area contributed by atoms with Gasteiger partial charge in [0.1, 0.15) is 0 Å². The van der Waals surface area contributed by atoms with Gasteiger partial charge in [-0.15, -0.1) is 0 Å². The number of hydrogen-bond donors (Lipinski definition) is 2. The molecule has 4 heteroatoms. The van der Waals surface area contributed by atoms with Gasteiger partial charge in [0.05, 0.1) is 0 Å². The Morgan fingerprint density at radius 1 is 1.32 bits per heavy atom. The minimum absolute atomic E-state index is 0.00181. The fraction of sp³-hybridized carbons (Fsp3) is 0.267. The molecule has 0 aliphatic heterocycles. The monoisotopic (exact) mass is 257 g/mol. The zero-order valence-electron chi connectivity index (χ0n) is 11.0. The summed E-state index contributed by atoms with van der Waals surface area (Å²) < 4.78 is 2.00. The van der Waals surface area contributed by atoms with Crippen LogP contribution in [0.2, 0.25) is 0 Å². The average molecular weight is 257 g/mol. The van der Waals surface area contributed by atoms with Gasteiger partial charge in [-0.3, -0.25) is 4.79 Å². The van der Waals surface area contributed by atoms with Crippen LogP contribution in [0.3, 0.4) is 0 Å². The van der Waals surface area contributed by atoms with Crippen LogP contribution in [0.25, 0.3) is 5.69 Å². The Hall–Kier alpha value is -2.07. The maximum absolute atomic E-state index is 11.7. The zero-order valence-corrected chi connectivity index (χ0v) is 11.0. The van der Waals surface area contributed by atoms with Crippen molar-refractivity contribution in [2.75, 3.05) is 5.32 Å². The summed E-state index contributed by atoms with van der Waals surface area (Å²) in [6.45, 7) is 1.90. The molecule has 100 valence electrons. The van der Waals surface area contributed by atoms with Crippen molar-refractivity contribution in [3.63, 3.8) is 0 Å². The number of amides is 1. The number of aromatic nitrogens is 1. The molecule has 3 N–H and O–H groups in total. The third-order valence-corrected chi connectivity index (χ3v) is 2.86. The van der Waals surface area contributed by atoms with E-state index < -0.39 is 0 Å². The Morgan fingerprint density at radius 2 is 2.05 bits per heavy atom. The fourth-order valence-electron chi connectivity index (χ4n) is 1.83. The van der Waals surface area contributed by atoms with Gasteiger partial charge in [-0.1, -0.05) is 6.07 Å². The second-order valence-corrected chi connectivity index (χ2v) is 4.70. The highest BCUT2D eigenvalue weighted by Gasteiger charge is 2.05. The van der Waals surface area contributed by atoms with E-state index in [4.69, 9.17) is 5.73 Å². The van der Waals surface area contributed by atoms with E-state index in [-0.39, 0.29) is 11.9 Å². The molecular formula is C15H19N3O. The Balaban J connectivity index is 2.01. The van der Waals surface area contributed by atoms with Crippen LogP contribution in [0.15, 0.2) is 48.8 Å². The van der Waals surface area contributed by atoms with E-state index in [1.54, 1.807) is 0 Å². The van der Waals surface area contributed by atoms with Crippen LogP contribution in [0.4, 0.5) is 5.69 Å². The molecule has 0 aliphatic carbocycles. The van der Waals surface area contributed by atoms with Crippen LogP contribution in [-0.2, 0) is 4.79 Å². The maximum Gasteiger partial charge on any atom is 0.224 e. The van der Waals surface area contributed by atoms with Crippen LogP contribution in [0.5, 0.6) is 0 Å². The van der Waals surface area contributed by atoms with Gasteiger partial charge in [0.15, 0.2) is 0 Å². The summed E-state index contributed by atoms with van der Waals surface area (Å²) in [4.78, 5) is 11.7. The maximum atomic E-state index is 11.7. The second kappa shape index (κ2) is 6.20. The van der Waals surface area contributed by atoms with Gasteiger partial charge in [0, 0.05) is 36.2 Å². The number of hydrogen-bond acceptors (Lipinski definition) is 2. The zero-order chi connectivity index (χ0) is 13.7. The van der Waals surface area contributed by atoms with Crippen molar-refractivity contribution in [2.45, 2.75) is 25.8 Å². The lowest BCUT2D eigenvalue weighted by molar-refractivity contribution is -0.116. The number of carbonyl (C=O) groups excluding carboxylic acids is 1. The molecule has 4 nitrogen and oxygen atoms in total. The minimum Gasteiger partial charge on any atom is -0.328 e. The van der Waals surface area contributed by atoms with Crippen LogP contribution < -0.4 is 11.1 Å². The van der Waals surface area contributed by atoms with Gasteiger partial charge in [-0.25, -0.2) is 0 Å². The molecule has 1 unspecified atom stereocenters. The molecular weight excluding hydrogens is 238 g/mol. The van der Waals surface area contributed by atoms with Gasteiger partial charge in [0.2, 0.25) is 5.91 Å². The van der Waals surface area contributed by atoms with E-state index in [0.29, 0.717) is 12.8 Å². The lowest BCUT2D eigenvalue weighted by Crippen LogP contribution is -2.19. The van der Waals surface area contributed by atoms with Crippen molar-refractivity contribution in [1.82, 2.24) is 4.57 Å². The van der Waals surface area contributed by atoms with E-state index in [1.165, 1.54) is 0 Å². The van der Waals surface area contributed by atoms with Crippen LogP contribution >= 0.6 is 0 Å². The van der Waals surface area contributed by atoms with Crippen molar-refractivity contribution >= 4 is 11.6 Å². The Bertz CT molecular complexity index is 532. The molecule has 0 aliphatic rings. The van der Waals surface area contributed by atoms with E-state index in [0.717, 1.165) is 11.4 Å². The normalized spacial score (nSPS) is 12.1. The van der Waals surface area contributed by atoms with Crippen LogP contribution in [0, 0.1) is 0 Å². The number of anilines is 1. The average Bonchev–Trinajstić information content (AvgIpc) is 2.90. The van der Waals surface area contributed by atoms with Crippen molar-refractivity contribution in [2.24, 2.45) is 5.73 Å². The van der Waals surface area contributed by atoms with E-state index in [1.807, 2.05) is 60.3 Å². The third-order valence-electron chi connectivity index (χ3n) is 2.86. The predicted octanol–water partition coefficient (Wildman–Crippen LogP) is 2.54. The van der Waals surface area contributed by atoms with Crippen molar-refractivity contribution in [3.8, 4) is 5.69 Å². The number of benzene rings is 1. The van der Waals surface area contributed by atoms with E-state index in [9.17, 15) is 4.79 Å². The smallest absolute Gasteiger partial charge is 0.224 e. The molecule has 0 fully saturated rings. The second-order valence-electron chi connectivity index (χ2n) is 4.70. The lowest BCUT2D eigenvalue weighted by atomic mass is 10.2. The third kappa shape index (κ3) is 3.96. The van der Waals surface area contributed by atoms with Gasteiger partial charge in [-0.05, 0) is 43.7 Å². The molecule has 1 aromatic heterocycles. The van der Waals surface area contributed by atoms with E-state index in [2.05, 4.69) is 5.32 Å². The summed E-state index contributed by atoms with van der Waals surface area (Å²) in [5.74, 6) is 0.00181. The van der Waals surface area contributed by atoms with Crippen LogP contribution in [-0.4, -0.2) is 16.5 Å². The molecule has 1 aromatic carbocycles. The SMILES string of the molecule is CC(N)CCC(=O)Nc1cccc(-n2cccc2)c1. The molecule has 19 heavy (non-hydrogen) atoms. The predicted molar refractivity (Wildman–Crippen MR) is 77.3 cm³/mol. The highest BCUT2D eigenvalue weighted by atomic mass is 16.1. The largest absolute Gasteiger partial charge is 0.328 e. The summed E-state index contributed by atoms with van der Waals surface area (Å²) in [5.41, 5.74) is 7.47. The quantitative estimate of drug-likeness (QED) is 0.864. The van der Waals surface area contributed by atoms with Crippen molar-refractivity contribution in [1.29, 1.82) is 0 Å². The summed E-state index contributed by atoms with van der Waals surface area (Å²) in [6, 6.07) is 11.7. The van der Waals surface area contributed by atoms with Crippen molar-refractivity contribution in [3.05, 3.63) is 48.8 Å². The van der Waals surface area contributed by atoms with Gasteiger partial charge < -0.3 is 15.6 Å². The highest BCUT2D eigenvalue weighted by Crippen LogP contribution is 2.15. The molecule has 0 saturated heterocycles. The Labute approximate surface area is 113 Å². The first-order valence-corrected chi connectivity index (χ1v) is 6.44. The molecule has 0 bridgehead atoms. The summed E-state index contributed by atoms with van der Waals surface area (Å²) >= 11 is 0. The standard InChI is InChI=1S/C15H19N3O/c1-12(16)7-8-15(19)17-13-5-4-6-14(11-13)18-9-2-3-10-18/h2-6,9-12H,7-8,16H2,1H3,(H,17,19). The highest BCUT2D eigenvalue weighted by molar-refractivity contribution is 5.90. The fourth-order valence-corrected chi connectivity index (χ4v) is 1.83. The topological polar surface area (TPSA) is 60.1 Å². The molecule has 0 radical (unpaired) electrons. The Morgan fingerprint density at radius 3 is 2.74 bits per heavy atom. The number of nitrogens with one attached hydrogen (secondary N) is 1. The molecule has 1 amide bonds. The number of nitrogens with two attached hydrogens (primary N) is 1. The Kier molecular flexibility index (Phi) is 4.36. The number of carbonyl (C=O) groups is 1. The number of nitrogens with zero attached hydrogens (tertiary/aromatic N) is 1. The lowest BCUT2D eigenvalue weighted by Gasteiger charge is -2.09. The molecule has 2 rings (SSSR count). The molecule has 0 spiro atoms. The van der Waals surface area contributed by atoms with Crippen molar-refractivity contribution < 1.29 is 4.79 Å². The molecule has 1 heterocycles. The summed E-state index contributed by atoms with van der Waals surface area (Å²) in [7, 11) is 0.